The Balaban J connectivity index is 1.34. The Labute approximate surface area is 270 Å². The summed E-state index contributed by atoms with van der Waals surface area (Å²) in [5, 5.41) is 6.19. The van der Waals surface area contributed by atoms with Gasteiger partial charge < -0.3 is 24.8 Å². The van der Waals surface area contributed by atoms with Crippen LogP contribution in [0.15, 0.2) is 77.7 Å². The number of nitrogens with one attached hydrogen (secondary N) is 2. The van der Waals surface area contributed by atoms with Gasteiger partial charge >= 0.3 is 0 Å². The monoisotopic (exact) mass is 621 g/mol. The number of anilines is 3. The standard InChI is InChI=1S/C37H43N5O4/c1-6-19-37(4,7-2)28-15-11-26(12-16-28)34(43)40-31-10-8-9-30(25(31)3)32-24-41(5)36(45)33(39-32)38-29-17-13-27(14-18-29)35(44)42-20-22-46-23-21-42/h8-18,24H,6-7,19-23H2,1-5H3,(H,38,39)(H,40,43). The summed E-state index contributed by atoms with van der Waals surface area (Å²) in [6, 6.07) is 20.6. The summed E-state index contributed by atoms with van der Waals surface area (Å²) >= 11 is 0. The summed E-state index contributed by atoms with van der Waals surface area (Å²) in [6.07, 6.45) is 4.93. The largest absolute Gasteiger partial charge is 0.378 e. The molecule has 1 aliphatic heterocycles. The fourth-order valence-corrected chi connectivity index (χ4v) is 5.94. The number of rotatable bonds is 10. The fourth-order valence-electron chi connectivity index (χ4n) is 5.94. The number of amides is 2. The van der Waals surface area contributed by atoms with Gasteiger partial charge in [-0.25, -0.2) is 4.98 Å². The zero-order chi connectivity index (χ0) is 32.8. The fraction of sp³-hybridized carbons (Fsp3) is 0.351. The van der Waals surface area contributed by atoms with Crippen molar-refractivity contribution in [1.29, 1.82) is 0 Å². The molecule has 5 rings (SSSR count). The van der Waals surface area contributed by atoms with E-state index >= 15 is 0 Å². The van der Waals surface area contributed by atoms with E-state index in [4.69, 9.17) is 4.74 Å². The molecule has 1 aromatic heterocycles. The van der Waals surface area contributed by atoms with E-state index in [1.807, 2.05) is 37.3 Å². The molecule has 3 aromatic carbocycles. The molecule has 0 spiro atoms. The smallest absolute Gasteiger partial charge is 0.293 e. The maximum Gasteiger partial charge on any atom is 0.293 e. The molecule has 240 valence electrons. The van der Waals surface area contributed by atoms with Gasteiger partial charge in [0, 0.05) is 54.4 Å². The van der Waals surface area contributed by atoms with Crippen molar-refractivity contribution in [1.82, 2.24) is 14.5 Å². The third kappa shape index (κ3) is 7.05. The summed E-state index contributed by atoms with van der Waals surface area (Å²) in [7, 11) is 1.68. The Morgan fingerprint density at radius 2 is 1.63 bits per heavy atom. The minimum Gasteiger partial charge on any atom is -0.378 e. The number of aryl methyl sites for hydroxylation is 1. The summed E-state index contributed by atoms with van der Waals surface area (Å²) in [6.45, 7) is 10.8. The third-order valence-electron chi connectivity index (χ3n) is 9.05. The Hall–Kier alpha value is -4.76. The maximum absolute atomic E-state index is 13.3. The van der Waals surface area contributed by atoms with Crippen LogP contribution in [0.4, 0.5) is 17.2 Å². The van der Waals surface area contributed by atoms with Crippen LogP contribution in [0.2, 0.25) is 0 Å². The van der Waals surface area contributed by atoms with Crippen LogP contribution in [0, 0.1) is 6.92 Å². The number of hydrogen-bond donors (Lipinski definition) is 2. The maximum atomic E-state index is 13.3. The van der Waals surface area contributed by atoms with Gasteiger partial charge in [-0.15, -0.1) is 0 Å². The Bertz CT molecular complexity index is 1760. The number of aromatic nitrogens is 2. The lowest BCUT2D eigenvalue weighted by atomic mass is 9.76. The first-order valence-corrected chi connectivity index (χ1v) is 16.0. The van der Waals surface area contributed by atoms with E-state index in [1.54, 1.807) is 42.4 Å². The van der Waals surface area contributed by atoms with Crippen molar-refractivity contribution in [2.45, 2.75) is 52.4 Å². The molecular formula is C37H43N5O4. The highest BCUT2D eigenvalue weighted by atomic mass is 16.5. The molecule has 0 saturated carbocycles. The summed E-state index contributed by atoms with van der Waals surface area (Å²) in [4.78, 5) is 45.6. The summed E-state index contributed by atoms with van der Waals surface area (Å²) in [5.74, 6) is -0.0769. The van der Waals surface area contributed by atoms with Crippen LogP contribution >= 0.6 is 0 Å². The van der Waals surface area contributed by atoms with E-state index in [1.165, 1.54) is 10.1 Å². The Morgan fingerprint density at radius 1 is 0.957 bits per heavy atom. The average molecular weight is 622 g/mol. The topological polar surface area (TPSA) is 106 Å². The molecule has 9 heteroatoms. The van der Waals surface area contributed by atoms with Crippen molar-refractivity contribution < 1.29 is 14.3 Å². The van der Waals surface area contributed by atoms with Crippen LogP contribution in [-0.4, -0.2) is 52.6 Å². The first-order valence-electron chi connectivity index (χ1n) is 16.0. The summed E-state index contributed by atoms with van der Waals surface area (Å²) < 4.78 is 6.83. The van der Waals surface area contributed by atoms with Gasteiger partial charge in [0.1, 0.15) is 0 Å². The zero-order valence-electron chi connectivity index (χ0n) is 27.4. The molecule has 2 amide bonds. The number of nitrogens with zero attached hydrogens (tertiary/aromatic N) is 3. The second kappa shape index (κ2) is 14.1. The Kier molecular flexibility index (Phi) is 10.0. The van der Waals surface area contributed by atoms with E-state index in [0.717, 1.165) is 30.4 Å². The van der Waals surface area contributed by atoms with Crippen molar-refractivity contribution in [3.8, 4) is 11.3 Å². The molecule has 1 atom stereocenters. The van der Waals surface area contributed by atoms with Crippen LogP contribution in [0.25, 0.3) is 11.3 Å². The highest BCUT2D eigenvalue weighted by molar-refractivity contribution is 6.05. The summed E-state index contributed by atoms with van der Waals surface area (Å²) in [5.41, 5.74) is 5.72. The highest BCUT2D eigenvalue weighted by Crippen LogP contribution is 2.33. The molecule has 1 aliphatic rings. The van der Waals surface area contributed by atoms with Crippen molar-refractivity contribution in [3.05, 3.63) is 106 Å². The van der Waals surface area contributed by atoms with Crippen molar-refractivity contribution in [2.75, 3.05) is 36.9 Å². The predicted octanol–water partition coefficient (Wildman–Crippen LogP) is 6.69. The van der Waals surface area contributed by atoms with Crippen LogP contribution in [0.1, 0.15) is 71.9 Å². The minimum atomic E-state index is -0.291. The Morgan fingerprint density at radius 3 is 2.28 bits per heavy atom. The van der Waals surface area contributed by atoms with Gasteiger partial charge in [-0.2, -0.15) is 0 Å². The van der Waals surface area contributed by atoms with Crippen LogP contribution in [-0.2, 0) is 17.2 Å². The highest BCUT2D eigenvalue weighted by Gasteiger charge is 2.24. The first-order chi connectivity index (χ1) is 22.1. The van der Waals surface area contributed by atoms with Crippen LogP contribution < -0.4 is 16.2 Å². The van der Waals surface area contributed by atoms with Crippen molar-refractivity contribution in [3.63, 3.8) is 0 Å². The molecule has 4 aromatic rings. The number of benzene rings is 3. The molecule has 1 unspecified atom stereocenters. The number of ether oxygens (including phenoxy) is 1. The van der Waals surface area contributed by atoms with Gasteiger partial charge in [-0.05, 0) is 78.8 Å². The molecule has 9 nitrogen and oxygen atoms in total. The van der Waals surface area contributed by atoms with Gasteiger partial charge in [0.15, 0.2) is 5.82 Å². The SMILES string of the molecule is CCCC(C)(CC)c1ccc(C(=O)Nc2cccc(-c3cn(C)c(=O)c(Nc4ccc(C(=O)N5CCOCC5)cc4)n3)c2C)cc1. The van der Waals surface area contributed by atoms with E-state index in [0.29, 0.717) is 54.5 Å². The van der Waals surface area contributed by atoms with Gasteiger partial charge in [-0.3, -0.25) is 14.4 Å². The molecule has 46 heavy (non-hydrogen) atoms. The quantitative estimate of drug-likeness (QED) is 0.204. The van der Waals surface area contributed by atoms with Crippen molar-refractivity contribution >= 4 is 29.0 Å². The molecule has 1 saturated heterocycles. The molecular weight excluding hydrogens is 578 g/mol. The predicted molar refractivity (Wildman–Crippen MR) is 183 cm³/mol. The number of carbonyl (C=O) groups excluding carboxylic acids is 2. The molecule has 2 N–H and O–H groups in total. The van der Waals surface area contributed by atoms with E-state index < -0.39 is 0 Å². The second-order valence-electron chi connectivity index (χ2n) is 12.2. The lowest BCUT2D eigenvalue weighted by Gasteiger charge is -2.28. The molecule has 1 fully saturated rings. The molecule has 0 radical (unpaired) electrons. The van der Waals surface area contributed by atoms with E-state index in [-0.39, 0.29) is 28.6 Å². The lowest BCUT2D eigenvalue weighted by Crippen LogP contribution is -2.40. The number of morpholine rings is 1. The average Bonchev–Trinajstić information content (AvgIpc) is 3.08. The van der Waals surface area contributed by atoms with Gasteiger partial charge in [0.25, 0.3) is 17.4 Å². The van der Waals surface area contributed by atoms with E-state index in [2.05, 4.69) is 48.5 Å². The second-order valence-corrected chi connectivity index (χ2v) is 12.2. The lowest BCUT2D eigenvalue weighted by molar-refractivity contribution is 0.0303. The van der Waals surface area contributed by atoms with E-state index in [9.17, 15) is 14.4 Å². The van der Waals surface area contributed by atoms with Gasteiger partial charge in [0.2, 0.25) is 0 Å². The molecule has 0 aliphatic carbocycles. The number of hydrogen-bond acceptors (Lipinski definition) is 6. The number of carbonyl (C=O) groups is 2. The molecule has 0 bridgehead atoms. The van der Waals surface area contributed by atoms with Crippen molar-refractivity contribution in [2.24, 2.45) is 7.05 Å². The van der Waals surface area contributed by atoms with Crippen LogP contribution in [0.5, 0.6) is 0 Å². The van der Waals surface area contributed by atoms with Gasteiger partial charge in [0.05, 0.1) is 18.9 Å². The minimum absolute atomic E-state index is 0.0446. The third-order valence-corrected chi connectivity index (χ3v) is 9.05. The molecule has 2 heterocycles. The zero-order valence-corrected chi connectivity index (χ0v) is 27.4. The normalized spacial score (nSPS) is 14.4. The van der Waals surface area contributed by atoms with Gasteiger partial charge in [-0.1, -0.05) is 51.5 Å². The van der Waals surface area contributed by atoms with Crippen LogP contribution in [0.3, 0.4) is 0 Å². The first kappa shape index (κ1) is 32.6.